The number of fused-ring (bicyclic) bond motifs is 1. The van der Waals surface area contributed by atoms with Gasteiger partial charge in [-0.15, -0.1) is 0 Å². The van der Waals surface area contributed by atoms with Crippen LogP contribution in [0.4, 0.5) is 5.69 Å². The zero-order valence-corrected chi connectivity index (χ0v) is 14.0. The van der Waals surface area contributed by atoms with E-state index in [2.05, 4.69) is 17.2 Å². The Bertz CT molecular complexity index is 918. The number of aryl methyl sites for hydroxylation is 1. The molecule has 120 valence electrons. The second kappa shape index (κ2) is 7.28. The molecule has 0 fully saturated rings. The normalized spacial score (nSPS) is 11.1. The number of anilines is 1. The summed E-state index contributed by atoms with van der Waals surface area (Å²) in [5, 5.41) is 4.56. The number of nitrogens with zero attached hydrogens (tertiary/aromatic N) is 1. The fourth-order valence-corrected chi connectivity index (χ4v) is 2.65. The van der Waals surface area contributed by atoms with Crippen LogP contribution < -0.4 is 5.32 Å². The van der Waals surface area contributed by atoms with Gasteiger partial charge in [-0.05, 0) is 42.3 Å². The van der Waals surface area contributed by atoms with Crippen molar-refractivity contribution in [2.45, 2.75) is 13.3 Å². The zero-order chi connectivity index (χ0) is 16.9. The van der Waals surface area contributed by atoms with Gasteiger partial charge in [-0.25, -0.2) is 4.98 Å². The highest BCUT2D eigenvalue weighted by Gasteiger charge is 2.03. The zero-order valence-electron chi connectivity index (χ0n) is 13.3. The third-order valence-corrected chi connectivity index (χ3v) is 3.97. The second-order valence-electron chi connectivity index (χ2n) is 5.41. The van der Waals surface area contributed by atoms with Crippen molar-refractivity contribution in [3.05, 3.63) is 77.0 Å². The topological polar surface area (TPSA) is 42.0 Å². The number of rotatable bonds is 4. The van der Waals surface area contributed by atoms with Crippen LogP contribution in [0.25, 0.3) is 17.0 Å². The summed E-state index contributed by atoms with van der Waals surface area (Å²) in [4.78, 5) is 16.6. The lowest BCUT2D eigenvalue weighted by atomic mass is 10.1. The summed E-state index contributed by atoms with van der Waals surface area (Å²) >= 11 is 6.00. The average Bonchev–Trinajstić information content (AvgIpc) is 2.60. The Morgan fingerprint density at radius 1 is 1.17 bits per heavy atom. The molecule has 24 heavy (non-hydrogen) atoms. The first-order chi connectivity index (χ1) is 11.7. The Balaban J connectivity index is 1.76. The van der Waals surface area contributed by atoms with Crippen molar-refractivity contribution in [1.82, 2.24) is 4.98 Å². The molecule has 3 aromatic rings. The highest BCUT2D eigenvalue weighted by Crippen LogP contribution is 2.19. The molecule has 2 aromatic carbocycles. The maximum atomic E-state index is 12.1. The highest BCUT2D eigenvalue weighted by atomic mass is 35.5. The fourth-order valence-electron chi connectivity index (χ4n) is 2.48. The molecular weight excluding hydrogens is 320 g/mol. The second-order valence-corrected chi connectivity index (χ2v) is 5.84. The fraction of sp³-hybridized carbons (Fsp3) is 0.100. The number of benzene rings is 2. The van der Waals surface area contributed by atoms with E-state index in [-0.39, 0.29) is 5.91 Å². The summed E-state index contributed by atoms with van der Waals surface area (Å²) in [6.45, 7) is 2.06. The molecule has 1 amide bonds. The molecule has 0 unspecified atom stereocenters. The minimum absolute atomic E-state index is 0.177. The average molecular weight is 337 g/mol. The predicted octanol–water partition coefficient (Wildman–Crippen LogP) is 5.10. The number of halogens is 1. The third kappa shape index (κ3) is 3.81. The molecule has 0 radical (unpaired) electrons. The molecule has 0 spiro atoms. The molecule has 1 aromatic heterocycles. The molecule has 3 rings (SSSR count). The van der Waals surface area contributed by atoms with Crippen LogP contribution in [-0.4, -0.2) is 10.9 Å². The molecule has 0 aliphatic rings. The maximum Gasteiger partial charge on any atom is 0.248 e. The van der Waals surface area contributed by atoms with Gasteiger partial charge in [-0.2, -0.15) is 0 Å². The van der Waals surface area contributed by atoms with Crippen LogP contribution in [0, 0.1) is 0 Å². The van der Waals surface area contributed by atoms with Gasteiger partial charge in [0.25, 0.3) is 0 Å². The molecule has 1 N–H and O–H groups in total. The van der Waals surface area contributed by atoms with E-state index in [1.807, 2.05) is 54.6 Å². The Hall–Kier alpha value is -2.65. The molecule has 0 bridgehead atoms. The number of nitrogens with one attached hydrogen (secondary N) is 1. The predicted molar refractivity (Wildman–Crippen MR) is 100 cm³/mol. The lowest BCUT2D eigenvalue weighted by Crippen LogP contribution is -2.09. The first kappa shape index (κ1) is 16.2. The Kier molecular flexibility index (Phi) is 4.92. The number of aromatic nitrogens is 1. The number of carbonyl (C=O) groups excluding carboxylic acids is 1. The van der Waals surface area contributed by atoms with E-state index in [9.17, 15) is 4.79 Å². The van der Waals surface area contributed by atoms with Gasteiger partial charge in [0.2, 0.25) is 5.91 Å². The summed E-state index contributed by atoms with van der Waals surface area (Å²) in [5.74, 6) is -0.177. The summed E-state index contributed by atoms with van der Waals surface area (Å²) in [6, 6.07) is 17.2. The minimum atomic E-state index is -0.177. The summed E-state index contributed by atoms with van der Waals surface area (Å²) in [6.07, 6.45) is 4.06. The van der Waals surface area contributed by atoms with Gasteiger partial charge < -0.3 is 5.32 Å². The molecule has 0 saturated heterocycles. The van der Waals surface area contributed by atoms with E-state index in [1.165, 1.54) is 6.08 Å². The lowest BCUT2D eigenvalue weighted by molar-refractivity contribution is -0.111. The first-order valence-corrected chi connectivity index (χ1v) is 8.17. The van der Waals surface area contributed by atoms with Gasteiger partial charge in [0.05, 0.1) is 11.2 Å². The van der Waals surface area contributed by atoms with E-state index in [0.29, 0.717) is 10.7 Å². The van der Waals surface area contributed by atoms with Crippen LogP contribution in [0.15, 0.2) is 60.7 Å². The number of pyridine rings is 1. The van der Waals surface area contributed by atoms with Crippen molar-refractivity contribution in [1.29, 1.82) is 0 Å². The maximum absolute atomic E-state index is 12.1. The van der Waals surface area contributed by atoms with Crippen LogP contribution in [0.1, 0.15) is 18.2 Å². The smallest absolute Gasteiger partial charge is 0.248 e. The van der Waals surface area contributed by atoms with E-state index in [0.717, 1.165) is 28.6 Å². The molecule has 1 heterocycles. The molecule has 0 saturated carbocycles. The van der Waals surface area contributed by atoms with Gasteiger partial charge in [0.15, 0.2) is 0 Å². The number of hydrogen-bond donors (Lipinski definition) is 1. The first-order valence-electron chi connectivity index (χ1n) is 7.79. The largest absolute Gasteiger partial charge is 0.322 e. The molecular formula is C20H17ClN2O. The van der Waals surface area contributed by atoms with Crippen molar-refractivity contribution < 1.29 is 4.79 Å². The van der Waals surface area contributed by atoms with Gasteiger partial charge in [0, 0.05) is 22.2 Å². The Morgan fingerprint density at radius 3 is 2.79 bits per heavy atom. The van der Waals surface area contributed by atoms with Crippen molar-refractivity contribution in [2.24, 2.45) is 0 Å². The van der Waals surface area contributed by atoms with Crippen LogP contribution in [-0.2, 0) is 11.2 Å². The molecule has 4 heteroatoms. The molecule has 0 atom stereocenters. The van der Waals surface area contributed by atoms with Crippen molar-refractivity contribution in [3.8, 4) is 0 Å². The van der Waals surface area contributed by atoms with Gasteiger partial charge >= 0.3 is 0 Å². The summed E-state index contributed by atoms with van der Waals surface area (Å²) in [5.41, 5.74) is 3.47. The quantitative estimate of drug-likeness (QED) is 0.673. The van der Waals surface area contributed by atoms with Gasteiger partial charge in [0.1, 0.15) is 0 Å². The SMILES string of the molecule is CCc1ccccc1NC(=O)C=Cc1ccc2ccc(Cl)cc2n1. The van der Waals surface area contributed by atoms with Crippen molar-refractivity contribution in [3.63, 3.8) is 0 Å². The van der Waals surface area contributed by atoms with Crippen LogP contribution in [0.5, 0.6) is 0 Å². The van der Waals surface area contributed by atoms with Gasteiger partial charge in [-0.3, -0.25) is 4.79 Å². The molecule has 3 nitrogen and oxygen atoms in total. The third-order valence-electron chi connectivity index (χ3n) is 3.74. The Labute approximate surface area is 146 Å². The number of hydrogen-bond acceptors (Lipinski definition) is 2. The van der Waals surface area contributed by atoms with E-state index >= 15 is 0 Å². The summed E-state index contributed by atoms with van der Waals surface area (Å²) < 4.78 is 0. The van der Waals surface area contributed by atoms with Crippen LogP contribution in [0.2, 0.25) is 5.02 Å². The number of para-hydroxylation sites is 1. The van der Waals surface area contributed by atoms with Crippen LogP contribution >= 0.6 is 11.6 Å². The standard InChI is InChI=1S/C20H17ClN2O/c1-2-14-5-3-4-6-18(14)23-20(24)12-11-17-10-8-15-7-9-16(21)13-19(15)22-17/h3-13H,2H2,1H3,(H,23,24). The molecule has 0 aliphatic carbocycles. The van der Waals surface area contributed by atoms with Gasteiger partial charge in [-0.1, -0.05) is 48.9 Å². The summed E-state index contributed by atoms with van der Waals surface area (Å²) in [7, 11) is 0. The number of amides is 1. The van der Waals surface area contributed by atoms with Crippen molar-refractivity contribution in [2.75, 3.05) is 5.32 Å². The Morgan fingerprint density at radius 2 is 1.96 bits per heavy atom. The van der Waals surface area contributed by atoms with Crippen molar-refractivity contribution >= 4 is 40.2 Å². The number of carbonyl (C=O) groups is 1. The van der Waals surface area contributed by atoms with E-state index < -0.39 is 0 Å². The molecule has 0 aliphatic heterocycles. The highest BCUT2D eigenvalue weighted by molar-refractivity contribution is 6.31. The lowest BCUT2D eigenvalue weighted by Gasteiger charge is -2.07. The van der Waals surface area contributed by atoms with E-state index in [4.69, 9.17) is 11.6 Å². The monoisotopic (exact) mass is 336 g/mol. The van der Waals surface area contributed by atoms with Crippen LogP contribution in [0.3, 0.4) is 0 Å². The minimum Gasteiger partial charge on any atom is -0.322 e. The van der Waals surface area contributed by atoms with E-state index in [1.54, 1.807) is 6.08 Å².